The van der Waals surface area contributed by atoms with Crippen LogP contribution in [0.25, 0.3) is 0 Å². The van der Waals surface area contributed by atoms with E-state index in [1.165, 1.54) is 6.07 Å². The number of hydrogen-bond donors (Lipinski definition) is 0. The zero-order valence-corrected chi connectivity index (χ0v) is 7.27. The molecule has 0 atom stereocenters. The summed E-state index contributed by atoms with van der Waals surface area (Å²) in [5.41, 5.74) is 2.02. The van der Waals surface area contributed by atoms with Gasteiger partial charge >= 0.3 is 0 Å². The van der Waals surface area contributed by atoms with Gasteiger partial charge in [-0.1, -0.05) is 30.7 Å². The van der Waals surface area contributed by atoms with Gasteiger partial charge < -0.3 is 0 Å². The summed E-state index contributed by atoms with van der Waals surface area (Å²) in [6.07, 6.45) is -1.54. The van der Waals surface area contributed by atoms with Crippen LogP contribution in [-0.4, -0.2) is 0 Å². The normalized spacial score (nSPS) is 10.8. The average molecular weight is 170 g/mol. The molecule has 0 heterocycles. The van der Waals surface area contributed by atoms with Gasteiger partial charge in [0.15, 0.2) is 0 Å². The van der Waals surface area contributed by atoms with Crippen LogP contribution in [0, 0.1) is 6.92 Å². The molecule has 0 saturated heterocycles. The third kappa shape index (κ3) is 2.03. The van der Waals surface area contributed by atoms with Gasteiger partial charge in [0.2, 0.25) is 0 Å². The zero-order valence-electron chi connectivity index (χ0n) is 7.27. The second kappa shape index (κ2) is 3.65. The summed E-state index contributed by atoms with van der Waals surface area (Å²) in [5, 5.41) is 0. The number of hydrogen-bond acceptors (Lipinski definition) is 0. The van der Waals surface area contributed by atoms with Crippen LogP contribution in [0.2, 0.25) is 0 Å². The van der Waals surface area contributed by atoms with Crippen molar-refractivity contribution in [1.82, 2.24) is 0 Å². The van der Waals surface area contributed by atoms with Gasteiger partial charge in [-0.05, 0) is 18.9 Å². The Balaban J connectivity index is 3.06. The van der Waals surface area contributed by atoms with Crippen molar-refractivity contribution in [1.29, 1.82) is 0 Å². The van der Waals surface area contributed by atoms with Gasteiger partial charge in [0.05, 0.1) is 0 Å². The Kier molecular flexibility index (Phi) is 2.79. The summed E-state index contributed by atoms with van der Waals surface area (Å²) in [4.78, 5) is 0. The van der Waals surface area contributed by atoms with Gasteiger partial charge in [-0.3, -0.25) is 0 Å². The lowest BCUT2D eigenvalue weighted by molar-refractivity contribution is 0.151. The third-order valence-corrected chi connectivity index (χ3v) is 1.82. The van der Waals surface area contributed by atoms with Crippen LogP contribution in [0.1, 0.15) is 30.0 Å². The maximum atomic E-state index is 12.3. The molecule has 0 spiro atoms. The minimum atomic E-state index is -2.35. The standard InChI is InChI=1S/C10H12F2/c1-3-8-4-7(2)5-9(6-8)10(11)12/h4-6,10H,3H2,1-2H3. The first kappa shape index (κ1) is 9.17. The molecule has 12 heavy (non-hydrogen) atoms. The topological polar surface area (TPSA) is 0 Å². The van der Waals surface area contributed by atoms with Crippen molar-refractivity contribution in [3.05, 3.63) is 34.9 Å². The Morgan fingerprint density at radius 1 is 1.25 bits per heavy atom. The molecular weight excluding hydrogens is 158 g/mol. The molecule has 0 bridgehead atoms. The zero-order chi connectivity index (χ0) is 9.14. The van der Waals surface area contributed by atoms with Crippen LogP contribution in [-0.2, 0) is 6.42 Å². The minimum absolute atomic E-state index is 0.131. The molecule has 66 valence electrons. The van der Waals surface area contributed by atoms with Crippen molar-refractivity contribution in [2.45, 2.75) is 26.7 Å². The summed E-state index contributed by atoms with van der Waals surface area (Å²) < 4.78 is 24.5. The Labute approximate surface area is 71.2 Å². The molecule has 0 aromatic heterocycles. The molecule has 0 nitrogen and oxygen atoms in total. The van der Waals surface area contributed by atoms with Crippen molar-refractivity contribution in [3.8, 4) is 0 Å². The second-order valence-electron chi connectivity index (χ2n) is 2.91. The number of aryl methyl sites for hydroxylation is 2. The Morgan fingerprint density at radius 3 is 2.42 bits per heavy atom. The van der Waals surface area contributed by atoms with Gasteiger partial charge in [0, 0.05) is 5.56 Å². The largest absolute Gasteiger partial charge is 0.263 e. The second-order valence-corrected chi connectivity index (χ2v) is 2.91. The van der Waals surface area contributed by atoms with Crippen LogP contribution in [0.5, 0.6) is 0 Å². The SMILES string of the molecule is CCc1cc(C)cc(C(F)F)c1. The van der Waals surface area contributed by atoms with Gasteiger partial charge in [-0.2, -0.15) is 0 Å². The van der Waals surface area contributed by atoms with Gasteiger partial charge in [-0.25, -0.2) is 8.78 Å². The lowest BCUT2D eigenvalue weighted by Gasteiger charge is -2.04. The lowest BCUT2D eigenvalue weighted by Crippen LogP contribution is -1.89. The monoisotopic (exact) mass is 170 g/mol. The Hall–Kier alpha value is -0.920. The minimum Gasteiger partial charge on any atom is -0.205 e. The summed E-state index contributed by atoms with van der Waals surface area (Å²) in [7, 11) is 0. The number of benzene rings is 1. The molecule has 0 aliphatic carbocycles. The molecule has 1 rings (SSSR count). The summed E-state index contributed by atoms with van der Waals surface area (Å²) in [6, 6.07) is 5.04. The molecule has 1 aromatic rings. The first-order chi connectivity index (χ1) is 5.63. The highest BCUT2D eigenvalue weighted by Gasteiger charge is 2.07. The quantitative estimate of drug-likeness (QED) is 0.637. The maximum absolute atomic E-state index is 12.3. The van der Waals surface area contributed by atoms with Gasteiger partial charge in [-0.15, -0.1) is 0 Å². The fourth-order valence-corrected chi connectivity index (χ4v) is 1.22. The van der Waals surface area contributed by atoms with Gasteiger partial charge in [0.25, 0.3) is 6.43 Å². The fraction of sp³-hybridized carbons (Fsp3) is 0.400. The number of alkyl halides is 2. The number of rotatable bonds is 2. The van der Waals surface area contributed by atoms with Crippen molar-refractivity contribution in [2.24, 2.45) is 0 Å². The van der Waals surface area contributed by atoms with E-state index in [9.17, 15) is 8.78 Å². The molecule has 0 aliphatic heterocycles. The van der Waals surface area contributed by atoms with E-state index in [2.05, 4.69) is 0 Å². The average Bonchev–Trinajstić information content (AvgIpc) is 2.03. The molecule has 0 fully saturated rings. The third-order valence-electron chi connectivity index (χ3n) is 1.82. The van der Waals surface area contributed by atoms with E-state index < -0.39 is 6.43 Å². The number of halogens is 2. The van der Waals surface area contributed by atoms with Crippen LogP contribution >= 0.6 is 0 Å². The summed E-state index contributed by atoms with van der Waals surface area (Å²) in [5.74, 6) is 0. The maximum Gasteiger partial charge on any atom is 0.263 e. The van der Waals surface area contributed by atoms with E-state index in [0.717, 1.165) is 17.5 Å². The van der Waals surface area contributed by atoms with Crippen LogP contribution in [0.15, 0.2) is 18.2 Å². The molecule has 2 heteroatoms. The van der Waals surface area contributed by atoms with Gasteiger partial charge in [0.1, 0.15) is 0 Å². The van der Waals surface area contributed by atoms with E-state index >= 15 is 0 Å². The van der Waals surface area contributed by atoms with E-state index in [-0.39, 0.29) is 5.56 Å². The summed E-state index contributed by atoms with van der Waals surface area (Å²) in [6.45, 7) is 3.80. The molecular formula is C10H12F2. The van der Waals surface area contributed by atoms with Crippen LogP contribution in [0.3, 0.4) is 0 Å². The molecule has 0 aliphatic rings. The highest BCUT2D eigenvalue weighted by atomic mass is 19.3. The van der Waals surface area contributed by atoms with Crippen molar-refractivity contribution in [2.75, 3.05) is 0 Å². The fourth-order valence-electron chi connectivity index (χ4n) is 1.22. The first-order valence-corrected chi connectivity index (χ1v) is 4.02. The van der Waals surface area contributed by atoms with Crippen molar-refractivity contribution < 1.29 is 8.78 Å². The molecule has 0 amide bonds. The predicted octanol–water partition coefficient (Wildman–Crippen LogP) is 3.50. The molecule has 0 radical (unpaired) electrons. The van der Waals surface area contributed by atoms with Crippen molar-refractivity contribution >= 4 is 0 Å². The Morgan fingerprint density at radius 2 is 1.92 bits per heavy atom. The van der Waals surface area contributed by atoms with E-state index in [4.69, 9.17) is 0 Å². The van der Waals surface area contributed by atoms with Crippen LogP contribution in [0.4, 0.5) is 8.78 Å². The van der Waals surface area contributed by atoms with Crippen LogP contribution < -0.4 is 0 Å². The molecule has 0 N–H and O–H groups in total. The predicted molar refractivity (Wildman–Crippen MR) is 45.5 cm³/mol. The molecule has 0 unspecified atom stereocenters. The van der Waals surface area contributed by atoms with E-state index in [0.29, 0.717) is 0 Å². The summed E-state index contributed by atoms with van der Waals surface area (Å²) >= 11 is 0. The molecule has 1 aromatic carbocycles. The Bertz CT molecular complexity index is 267. The smallest absolute Gasteiger partial charge is 0.205 e. The first-order valence-electron chi connectivity index (χ1n) is 4.02. The van der Waals surface area contributed by atoms with Crippen molar-refractivity contribution in [3.63, 3.8) is 0 Å². The highest BCUT2D eigenvalue weighted by Crippen LogP contribution is 2.21. The van der Waals surface area contributed by atoms with E-state index in [1.54, 1.807) is 6.07 Å². The lowest BCUT2D eigenvalue weighted by atomic mass is 10.1. The highest BCUT2D eigenvalue weighted by molar-refractivity contribution is 5.30. The van der Waals surface area contributed by atoms with E-state index in [1.807, 2.05) is 19.9 Å². The molecule has 0 saturated carbocycles.